The van der Waals surface area contributed by atoms with Gasteiger partial charge in [-0.25, -0.2) is 4.39 Å². The van der Waals surface area contributed by atoms with Gasteiger partial charge in [0.15, 0.2) is 0 Å². The lowest BCUT2D eigenvalue weighted by atomic mass is 9.99. The molecule has 1 N–H and O–H groups in total. The molecule has 1 aliphatic heterocycles. The highest BCUT2D eigenvalue weighted by Gasteiger charge is 2.28. The summed E-state index contributed by atoms with van der Waals surface area (Å²) < 4.78 is 20.7. The Kier molecular flexibility index (Phi) is 5.25. The first kappa shape index (κ1) is 16.6. The average Bonchev–Trinajstić information content (AvgIpc) is 3.23. The number of amides is 1. The second-order valence-corrected chi connectivity index (χ2v) is 6.18. The summed E-state index contributed by atoms with van der Waals surface area (Å²) in [5.41, 5.74) is 1.94. The van der Waals surface area contributed by atoms with Crippen LogP contribution in [0.25, 0.3) is 0 Å². The van der Waals surface area contributed by atoms with Gasteiger partial charge in [0, 0.05) is 25.8 Å². The largest absolute Gasteiger partial charge is 0.376 e. The van der Waals surface area contributed by atoms with Crippen molar-refractivity contribution in [2.24, 2.45) is 0 Å². The summed E-state index contributed by atoms with van der Waals surface area (Å²) in [6.07, 6.45) is 5.82. The van der Waals surface area contributed by atoms with Crippen LogP contribution in [0.2, 0.25) is 0 Å². The van der Waals surface area contributed by atoms with Crippen LogP contribution >= 0.6 is 0 Å². The Morgan fingerprint density at radius 1 is 1.46 bits per heavy atom. The number of aryl methyl sites for hydroxylation is 2. The first-order valence-electron chi connectivity index (χ1n) is 8.27. The maximum atomic E-state index is 13.2. The van der Waals surface area contributed by atoms with E-state index >= 15 is 0 Å². The van der Waals surface area contributed by atoms with Gasteiger partial charge in [-0.05, 0) is 43.0 Å². The summed E-state index contributed by atoms with van der Waals surface area (Å²) in [4.78, 5) is 12.3. The molecule has 0 aliphatic carbocycles. The summed E-state index contributed by atoms with van der Waals surface area (Å²) in [5.74, 6) is -0.349. The molecule has 1 aromatic heterocycles. The number of nitrogens with zero attached hydrogens (tertiary/aromatic N) is 2. The van der Waals surface area contributed by atoms with E-state index in [1.165, 1.54) is 12.1 Å². The van der Waals surface area contributed by atoms with Gasteiger partial charge >= 0.3 is 0 Å². The lowest BCUT2D eigenvalue weighted by Crippen LogP contribution is -2.36. The summed E-state index contributed by atoms with van der Waals surface area (Å²) >= 11 is 0. The highest BCUT2D eigenvalue weighted by molar-refractivity contribution is 5.76. The zero-order valence-corrected chi connectivity index (χ0v) is 13.7. The van der Waals surface area contributed by atoms with Crippen LogP contribution in [0.3, 0.4) is 0 Å². The minimum Gasteiger partial charge on any atom is -0.376 e. The Morgan fingerprint density at radius 3 is 2.88 bits per heavy atom. The molecule has 1 aromatic carbocycles. The fourth-order valence-electron chi connectivity index (χ4n) is 2.98. The number of benzene rings is 1. The number of rotatable bonds is 6. The monoisotopic (exact) mass is 331 g/mol. The summed E-state index contributed by atoms with van der Waals surface area (Å²) in [5, 5.41) is 7.23. The second-order valence-electron chi connectivity index (χ2n) is 6.18. The van der Waals surface area contributed by atoms with E-state index in [1.54, 1.807) is 23.0 Å². The number of nitrogens with one attached hydrogen (secondary N) is 1. The van der Waals surface area contributed by atoms with Crippen LogP contribution in [0.4, 0.5) is 4.39 Å². The van der Waals surface area contributed by atoms with Gasteiger partial charge in [-0.3, -0.25) is 9.48 Å². The maximum Gasteiger partial charge on any atom is 0.222 e. The number of hydrogen-bond acceptors (Lipinski definition) is 3. The lowest BCUT2D eigenvalue weighted by molar-refractivity contribution is -0.123. The van der Waals surface area contributed by atoms with Crippen molar-refractivity contribution in [2.45, 2.75) is 44.9 Å². The molecule has 1 amide bonds. The molecule has 0 unspecified atom stereocenters. The van der Waals surface area contributed by atoms with Gasteiger partial charge in [0.1, 0.15) is 5.82 Å². The van der Waals surface area contributed by atoms with E-state index in [2.05, 4.69) is 10.4 Å². The second kappa shape index (κ2) is 7.57. The van der Waals surface area contributed by atoms with E-state index in [-0.39, 0.29) is 23.9 Å². The van der Waals surface area contributed by atoms with Gasteiger partial charge in [0.25, 0.3) is 0 Å². The molecule has 5 nitrogen and oxygen atoms in total. The van der Waals surface area contributed by atoms with Crippen LogP contribution in [0.15, 0.2) is 36.7 Å². The SMILES string of the molecule is Cc1cnn(CCC(=O)N[C@@H](c2ccc(F)cc2)[C@H]2CCCO2)c1. The average molecular weight is 331 g/mol. The fraction of sp³-hybridized carbons (Fsp3) is 0.444. The zero-order chi connectivity index (χ0) is 16.9. The number of ether oxygens (including phenoxy) is 1. The van der Waals surface area contributed by atoms with Gasteiger partial charge in [-0.15, -0.1) is 0 Å². The summed E-state index contributed by atoms with van der Waals surface area (Å²) in [7, 11) is 0. The third kappa shape index (κ3) is 4.20. The first-order valence-corrected chi connectivity index (χ1v) is 8.27. The van der Waals surface area contributed by atoms with Crippen molar-refractivity contribution in [3.63, 3.8) is 0 Å². The molecule has 128 valence electrons. The van der Waals surface area contributed by atoms with Gasteiger partial charge in [-0.2, -0.15) is 5.10 Å². The van der Waals surface area contributed by atoms with Crippen LogP contribution < -0.4 is 5.32 Å². The number of halogens is 1. The van der Waals surface area contributed by atoms with Crippen molar-refractivity contribution in [3.05, 3.63) is 53.6 Å². The highest BCUT2D eigenvalue weighted by Crippen LogP contribution is 2.27. The van der Waals surface area contributed by atoms with Crippen molar-refractivity contribution >= 4 is 5.91 Å². The molecule has 6 heteroatoms. The quantitative estimate of drug-likeness (QED) is 0.885. The van der Waals surface area contributed by atoms with Crippen molar-refractivity contribution in [2.75, 3.05) is 6.61 Å². The molecule has 0 radical (unpaired) electrons. The molecular weight excluding hydrogens is 309 g/mol. The van der Waals surface area contributed by atoms with E-state index in [9.17, 15) is 9.18 Å². The standard InChI is InChI=1S/C18H22FN3O2/c1-13-11-20-22(12-13)9-8-17(23)21-18(16-3-2-10-24-16)14-4-6-15(19)7-5-14/h4-7,11-12,16,18H,2-3,8-10H2,1H3,(H,21,23)/t16-,18+/m1/s1. The predicted octanol–water partition coefficient (Wildman–Crippen LogP) is 2.76. The number of aromatic nitrogens is 2. The minimum absolute atomic E-state index is 0.0621. The lowest BCUT2D eigenvalue weighted by Gasteiger charge is -2.25. The van der Waals surface area contributed by atoms with E-state index in [1.807, 2.05) is 13.1 Å². The fourth-order valence-corrected chi connectivity index (χ4v) is 2.98. The molecular formula is C18H22FN3O2. The Balaban J connectivity index is 1.64. The molecule has 0 spiro atoms. The van der Waals surface area contributed by atoms with Gasteiger partial charge in [0.2, 0.25) is 5.91 Å². The van der Waals surface area contributed by atoms with E-state index < -0.39 is 0 Å². The third-order valence-electron chi connectivity index (χ3n) is 4.21. The minimum atomic E-state index is -0.287. The van der Waals surface area contributed by atoms with Crippen LogP contribution in [-0.4, -0.2) is 28.4 Å². The molecule has 1 saturated heterocycles. The molecule has 24 heavy (non-hydrogen) atoms. The topological polar surface area (TPSA) is 56.2 Å². The van der Waals surface area contributed by atoms with Crippen molar-refractivity contribution < 1.29 is 13.9 Å². The molecule has 0 bridgehead atoms. The molecule has 3 rings (SSSR count). The number of carbonyl (C=O) groups excluding carboxylic acids is 1. The van der Waals surface area contributed by atoms with Gasteiger partial charge in [-0.1, -0.05) is 12.1 Å². The molecule has 0 saturated carbocycles. The predicted molar refractivity (Wildman–Crippen MR) is 87.8 cm³/mol. The van der Waals surface area contributed by atoms with Crippen LogP contribution in [0, 0.1) is 12.7 Å². The smallest absolute Gasteiger partial charge is 0.222 e. The van der Waals surface area contributed by atoms with E-state index in [0.717, 1.165) is 24.0 Å². The Bertz CT molecular complexity index is 678. The number of hydrogen-bond donors (Lipinski definition) is 1. The van der Waals surface area contributed by atoms with Gasteiger partial charge in [0.05, 0.1) is 18.3 Å². The molecule has 2 heterocycles. The summed E-state index contributed by atoms with van der Waals surface area (Å²) in [6.45, 7) is 3.19. The molecule has 2 aromatic rings. The molecule has 2 atom stereocenters. The highest BCUT2D eigenvalue weighted by atomic mass is 19.1. The van der Waals surface area contributed by atoms with Crippen molar-refractivity contribution in [3.8, 4) is 0 Å². The van der Waals surface area contributed by atoms with Crippen LogP contribution in [-0.2, 0) is 16.1 Å². The van der Waals surface area contributed by atoms with Crippen molar-refractivity contribution in [1.29, 1.82) is 0 Å². The Hall–Kier alpha value is -2.21. The number of carbonyl (C=O) groups is 1. The third-order valence-corrected chi connectivity index (χ3v) is 4.21. The van der Waals surface area contributed by atoms with E-state index in [4.69, 9.17) is 4.74 Å². The van der Waals surface area contributed by atoms with Crippen LogP contribution in [0.1, 0.15) is 36.4 Å². The van der Waals surface area contributed by atoms with E-state index in [0.29, 0.717) is 19.6 Å². The first-order chi connectivity index (χ1) is 11.6. The molecule has 1 fully saturated rings. The van der Waals surface area contributed by atoms with Gasteiger partial charge < -0.3 is 10.1 Å². The molecule has 1 aliphatic rings. The normalized spacial score (nSPS) is 18.5. The maximum absolute atomic E-state index is 13.2. The Labute approximate surface area is 140 Å². The van der Waals surface area contributed by atoms with Crippen molar-refractivity contribution in [1.82, 2.24) is 15.1 Å². The summed E-state index contributed by atoms with van der Waals surface area (Å²) in [6, 6.07) is 5.99. The Morgan fingerprint density at radius 2 is 2.25 bits per heavy atom. The zero-order valence-electron chi connectivity index (χ0n) is 13.7. The van der Waals surface area contributed by atoms with Crippen LogP contribution in [0.5, 0.6) is 0 Å².